The van der Waals surface area contributed by atoms with Crippen LogP contribution in [0.3, 0.4) is 0 Å². The molecule has 102 valence electrons. The van der Waals surface area contributed by atoms with Crippen LogP contribution in [-0.2, 0) is 5.60 Å². The number of aryl methyl sites for hydroxylation is 2. The molecule has 1 rings (SSSR count). The summed E-state index contributed by atoms with van der Waals surface area (Å²) in [6, 6.07) is 6.29. The maximum atomic E-state index is 10.7. The second-order valence-electron chi connectivity index (χ2n) is 6.51. The lowest BCUT2D eigenvalue weighted by Gasteiger charge is -2.28. The molecule has 0 fully saturated rings. The van der Waals surface area contributed by atoms with Crippen molar-refractivity contribution in [2.24, 2.45) is 11.8 Å². The molecule has 0 aliphatic rings. The first-order valence-corrected chi connectivity index (χ1v) is 7.02. The standard InChI is InChI=1S/C17H28O/c1-12(2)9-13(3)11-17(6,18)16-8-7-14(4)15(5)10-16/h7-8,10,12-13,18H,9,11H2,1-6H3. The van der Waals surface area contributed by atoms with Gasteiger partial charge in [-0.3, -0.25) is 0 Å². The van der Waals surface area contributed by atoms with Crippen LogP contribution in [-0.4, -0.2) is 5.11 Å². The smallest absolute Gasteiger partial charge is 0.0871 e. The molecule has 0 aliphatic heterocycles. The molecule has 1 aromatic rings. The Morgan fingerprint density at radius 2 is 1.72 bits per heavy atom. The minimum absolute atomic E-state index is 0.543. The fourth-order valence-corrected chi connectivity index (χ4v) is 2.76. The van der Waals surface area contributed by atoms with Crippen LogP contribution in [0, 0.1) is 25.7 Å². The summed E-state index contributed by atoms with van der Waals surface area (Å²) in [5, 5.41) is 10.7. The minimum atomic E-state index is -0.716. The molecule has 1 aromatic carbocycles. The van der Waals surface area contributed by atoms with Crippen molar-refractivity contribution < 1.29 is 5.11 Å². The van der Waals surface area contributed by atoms with Gasteiger partial charge in [-0.2, -0.15) is 0 Å². The molecule has 0 spiro atoms. The summed E-state index contributed by atoms with van der Waals surface area (Å²) in [6.07, 6.45) is 1.99. The van der Waals surface area contributed by atoms with Crippen molar-refractivity contribution >= 4 is 0 Å². The maximum Gasteiger partial charge on any atom is 0.0871 e. The lowest BCUT2D eigenvalue weighted by atomic mass is 9.83. The molecule has 1 heteroatoms. The Bertz CT molecular complexity index is 391. The molecule has 2 atom stereocenters. The topological polar surface area (TPSA) is 20.2 Å². The Hall–Kier alpha value is -0.820. The number of aliphatic hydroxyl groups is 1. The van der Waals surface area contributed by atoms with E-state index in [4.69, 9.17) is 0 Å². The van der Waals surface area contributed by atoms with Crippen LogP contribution in [0.2, 0.25) is 0 Å². The molecule has 0 saturated carbocycles. The zero-order valence-electron chi connectivity index (χ0n) is 12.7. The normalized spacial score (nSPS) is 16.7. The minimum Gasteiger partial charge on any atom is -0.385 e. The van der Waals surface area contributed by atoms with E-state index in [2.05, 4.69) is 52.8 Å². The number of rotatable bonds is 5. The monoisotopic (exact) mass is 248 g/mol. The predicted molar refractivity (Wildman–Crippen MR) is 78.7 cm³/mol. The van der Waals surface area contributed by atoms with Gasteiger partial charge in [-0.15, -0.1) is 0 Å². The Kier molecular flexibility index (Phi) is 4.98. The van der Waals surface area contributed by atoms with Crippen molar-refractivity contribution in [2.75, 3.05) is 0 Å². The highest BCUT2D eigenvalue weighted by molar-refractivity contribution is 5.32. The van der Waals surface area contributed by atoms with E-state index < -0.39 is 5.60 Å². The Labute approximate surface area is 112 Å². The third-order valence-electron chi connectivity index (χ3n) is 3.75. The van der Waals surface area contributed by atoms with E-state index in [9.17, 15) is 5.11 Å². The highest BCUT2D eigenvalue weighted by atomic mass is 16.3. The zero-order valence-corrected chi connectivity index (χ0v) is 12.7. The van der Waals surface area contributed by atoms with Gasteiger partial charge in [0.25, 0.3) is 0 Å². The molecule has 1 N–H and O–H groups in total. The van der Waals surface area contributed by atoms with Crippen LogP contribution < -0.4 is 0 Å². The van der Waals surface area contributed by atoms with Crippen molar-refractivity contribution in [3.63, 3.8) is 0 Å². The molecule has 0 bridgehead atoms. The molecule has 1 nitrogen and oxygen atoms in total. The van der Waals surface area contributed by atoms with E-state index in [-0.39, 0.29) is 0 Å². The number of hydrogen-bond donors (Lipinski definition) is 1. The van der Waals surface area contributed by atoms with Gasteiger partial charge in [-0.25, -0.2) is 0 Å². The van der Waals surface area contributed by atoms with Crippen molar-refractivity contribution in [3.8, 4) is 0 Å². The maximum absolute atomic E-state index is 10.7. The van der Waals surface area contributed by atoms with Gasteiger partial charge >= 0.3 is 0 Å². The highest BCUT2D eigenvalue weighted by Crippen LogP contribution is 2.31. The molecule has 2 unspecified atom stereocenters. The molecule has 18 heavy (non-hydrogen) atoms. The third-order valence-corrected chi connectivity index (χ3v) is 3.75. The van der Waals surface area contributed by atoms with Crippen LogP contribution in [0.15, 0.2) is 18.2 Å². The van der Waals surface area contributed by atoms with E-state index in [1.807, 2.05) is 6.92 Å². The molecule has 0 amide bonds. The largest absolute Gasteiger partial charge is 0.385 e. The molecular weight excluding hydrogens is 220 g/mol. The van der Waals surface area contributed by atoms with Crippen molar-refractivity contribution in [3.05, 3.63) is 34.9 Å². The van der Waals surface area contributed by atoms with E-state index in [1.165, 1.54) is 17.5 Å². The molecule has 0 aromatic heterocycles. The first kappa shape index (κ1) is 15.2. The van der Waals surface area contributed by atoms with Gasteiger partial charge in [0.1, 0.15) is 0 Å². The van der Waals surface area contributed by atoms with E-state index in [1.54, 1.807) is 0 Å². The van der Waals surface area contributed by atoms with E-state index in [0.29, 0.717) is 11.8 Å². The summed E-state index contributed by atoms with van der Waals surface area (Å²) in [5.74, 6) is 1.23. The SMILES string of the molecule is Cc1ccc(C(C)(O)CC(C)CC(C)C)cc1C. The Morgan fingerprint density at radius 3 is 2.22 bits per heavy atom. The Balaban J connectivity index is 2.81. The summed E-state index contributed by atoms with van der Waals surface area (Å²) < 4.78 is 0. The van der Waals surface area contributed by atoms with Crippen LogP contribution >= 0.6 is 0 Å². The van der Waals surface area contributed by atoms with Gasteiger partial charge in [0, 0.05) is 0 Å². The first-order chi connectivity index (χ1) is 8.22. The van der Waals surface area contributed by atoms with Crippen molar-refractivity contribution in [1.82, 2.24) is 0 Å². The molecule has 0 radical (unpaired) electrons. The molecular formula is C17H28O. The van der Waals surface area contributed by atoms with E-state index in [0.717, 1.165) is 12.0 Å². The number of benzene rings is 1. The average molecular weight is 248 g/mol. The quantitative estimate of drug-likeness (QED) is 0.808. The van der Waals surface area contributed by atoms with Gasteiger partial charge in [-0.1, -0.05) is 39.0 Å². The molecule has 0 heterocycles. The van der Waals surface area contributed by atoms with Gasteiger partial charge in [0.05, 0.1) is 5.60 Å². The zero-order chi connectivity index (χ0) is 13.9. The van der Waals surface area contributed by atoms with Gasteiger partial charge < -0.3 is 5.11 Å². The highest BCUT2D eigenvalue weighted by Gasteiger charge is 2.26. The van der Waals surface area contributed by atoms with Gasteiger partial charge in [0.15, 0.2) is 0 Å². The van der Waals surface area contributed by atoms with Crippen molar-refractivity contribution in [2.45, 2.75) is 60.0 Å². The second kappa shape index (κ2) is 5.88. The third kappa shape index (κ3) is 4.13. The molecule has 0 aliphatic carbocycles. The van der Waals surface area contributed by atoms with E-state index >= 15 is 0 Å². The van der Waals surface area contributed by atoms with Gasteiger partial charge in [-0.05, 0) is 62.1 Å². The summed E-state index contributed by atoms with van der Waals surface area (Å²) in [4.78, 5) is 0. The lowest BCUT2D eigenvalue weighted by molar-refractivity contribution is 0.0295. The molecule has 0 saturated heterocycles. The fraction of sp³-hybridized carbons (Fsp3) is 0.647. The summed E-state index contributed by atoms with van der Waals surface area (Å²) in [5.41, 5.74) is 2.86. The summed E-state index contributed by atoms with van der Waals surface area (Å²) >= 11 is 0. The van der Waals surface area contributed by atoms with Crippen LogP contribution in [0.25, 0.3) is 0 Å². The van der Waals surface area contributed by atoms with Crippen LogP contribution in [0.4, 0.5) is 0 Å². The second-order valence-corrected chi connectivity index (χ2v) is 6.51. The average Bonchev–Trinajstić information content (AvgIpc) is 2.19. The van der Waals surface area contributed by atoms with Crippen LogP contribution in [0.1, 0.15) is 57.2 Å². The summed E-state index contributed by atoms with van der Waals surface area (Å²) in [6.45, 7) is 12.9. The van der Waals surface area contributed by atoms with Gasteiger partial charge in [0.2, 0.25) is 0 Å². The number of hydrogen-bond acceptors (Lipinski definition) is 1. The Morgan fingerprint density at radius 1 is 1.11 bits per heavy atom. The fourth-order valence-electron chi connectivity index (χ4n) is 2.76. The van der Waals surface area contributed by atoms with Crippen molar-refractivity contribution in [1.29, 1.82) is 0 Å². The summed E-state index contributed by atoms with van der Waals surface area (Å²) in [7, 11) is 0. The van der Waals surface area contributed by atoms with Crippen LogP contribution in [0.5, 0.6) is 0 Å². The predicted octanol–water partition coefficient (Wildman–Crippen LogP) is 4.58. The lowest BCUT2D eigenvalue weighted by Crippen LogP contribution is -2.25. The first-order valence-electron chi connectivity index (χ1n) is 7.02.